The summed E-state index contributed by atoms with van der Waals surface area (Å²) in [5, 5.41) is 17.5. The molecule has 0 N–H and O–H groups in total. The fourth-order valence-electron chi connectivity index (χ4n) is 4.14. The van der Waals surface area contributed by atoms with Crippen molar-refractivity contribution in [1.82, 2.24) is 9.13 Å². The number of thiazole rings is 1. The normalized spacial score (nSPS) is 12.3. The molecule has 0 unspecified atom stereocenters. The molecule has 0 aliphatic heterocycles. The van der Waals surface area contributed by atoms with Gasteiger partial charge in [-0.1, -0.05) is 35.6 Å². The van der Waals surface area contributed by atoms with Gasteiger partial charge in [-0.25, -0.2) is 9.13 Å². The topological polar surface area (TPSA) is 66.4 Å². The van der Waals surface area contributed by atoms with E-state index in [0.29, 0.717) is 0 Å². The van der Waals surface area contributed by atoms with Crippen LogP contribution in [0.2, 0.25) is 0 Å². The number of anilines is 1. The van der Waals surface area contributed by atoms with Gasteiger partial charge in [0, 0.05) is 19.3 Å². The molecule has 0 atom stereocenters. The highest BCUT2D eigenvalue weighted by molar-refractivity contribution is 7.16. The van der Waals surface area contributed by atoms with Crippen molar-refractivity contribution in [3.63, 3.8) is 0 Å². The third-order valence-electron chi connectivity index (χ3n) is 6.29. The lowest BCUT2D eigenvalue weighted by molar-refractivity contribution is -0.671. The van der Waals surface area contributed by atoms with E-state index in [2.05, 4.69) is 88.9 Å². The maximum Gasteiger partial charge on any atom is 0.243 e. The monoisotopic (exact) mass is 523 g/mol. The quantitative estimate of drug-likeness (QED) is 0.105. The van der Waals surface area contributed by atoms with E-state index >= 15 is 0 Å². The number of likely N-dealkylation sites (N-methyl/N-ethyl adjacent to an activating group) is 1. The smallest absolute Gasteiger partial charge is 0.243 e. The number of hydrogen-bond acceptors (Lipinski definition) is 6. The van der Waals surface area contributed by atoms with Crippen molar-refractivity contribution < 1.29 is 4.57 Å². The number of nitrogens with zero attached hydrogens (tertiary/aromatic N) is 8. The van der Waals surface area contributed by atoms with Gasteiger partial charge in [0.05, 0.1) is 41.4 Å². The molecule has 0 spiro atoms. The zero-order chi connectivity index (χ0) is 26.3. The van der Waals surface area contributed by atoms with Gasteiger partial charge in [0.1, 0.15) is 18.9 Å². The summed E-state index contributed by atoms with van der Waals surface area (Å²) in [6.45, 7) is 5.00. The average molecular weight is 524 g/mol. The summed E-state index contributed by atoms with van der Waals surface area (Å²) in [4.78, 5) is 3.21. The highest BCUT2D eigenvalue weighted by Gasteiger charge is 2.07. The summed E-state index contributed by atoms with van der Waals surface area (Å²) in [5.41, 5.74) is 4.90. The van der Waals surface area contributed by atoms with Crippen molar-refractivity contribution >= 4 is 44.8 Å². The summed E-state index contributed by atoms with van der Waals surface area (Å²) in [7, 11) is 4.04. The number of benzene rings is 3. The van der Waals surface area contributed by atoms with Gasteiger partial charge < -0.3 is 9.47 Å². The molecule has 0 saturated heterocycles. The molecule has 2 aromatic heterocycles. The van der Waals surface area contributed by atoms with Crippen molar-refractivity contribution in [1.29, 1.82) is 0 Å². The van der Waals surface area contributed by atoms with Gasteiger partial charge in [0.2, 0.25) is 11.1 Å². The lowest BCUT2D eigenvalue weighted by atomic mass is 10.2. The van der Waals surface area contributed by atoms with E-state index in [1.54, 1.807) is 17.6 Å². The maximum absolute atomic E-state index is 4.41. The van der Waals surface area contributed by atoms with Crippen molar-refractivity contribution in [2.24, 2.45) is 34.5 Å². The number of hydrogen-bond donors (Lipinski definition) is 0. The van der Waals surface area contributed by atoms with Gasteiger partial charge in [0.15, 0.2) is 0 Å². The predicted octanol–water partition coefficient (Wildman–Crippen LogP) is 5.74. The van der Waals surface area contributed by atoms with Gasteiger partial charge in [-0.2, -0.15) is 15.3 Å². The fourth-order valence-corrected chi connectivity index (χ4v) is 5.11. The Morgan fingerprint density at radius 1 is 0.947 bits per heavy atom. The molecule has 0 amide bonds. The van der Waals surface area contributed by atoms with Crippen LogP contribution in [0.5, 0.6) is 0 Å². The molecule has 0 bridgehead atoms. The van der Waals surface area contributed by atoms with E-state index in [-0.39, 0.29) is 0 Å². The Hall–Kier alpha value is -4.37. The van der Waals surface area contributed by atoms with Crippen molar-refractivity contribution in [3.05, 3.63) is 102 Å². The first-order chi connectivity index (χ1) is 18.6. The molecule has 2 heterocycles. The molecule has 5 aromatic rings. The molecule has 3 aromatic carbocycles. The fraction of sp³-hybridized carbons (Fsp3) is 0.207. The third kappa shape index (κ3) is 6.12. The van der Waals surface area contributed by atoms with E-state index in [1.165, 1.54) is 10.4 Å². The van der Waals surface area contributed by atoms with Crippen molar-refractivity contribution in [2.45, 2.75) is 13.5 Å². The molecule has 192 valence electrons. The Balaban J connectivity index is 1.18. The van der Waals surface area contributed by atoms with Crippen LogP contribution in [0.15, 0.2) is 112 Å². The number of fused-ring (bicyclic) bond motifs is 1. The second kappa shape index (κ2) is 11.8. The lowest BCUT2D eigenvalue weighted by Gasteiger charge is -2.22. The van der Waals surface area contributed by atoms with Crippen LogP contribution in [0, 0.1) is 0 Å². The lowest BCUT2D eigenvalue weighted by Crippen LogP contribution is -2.28. The van der Waals surface area contributed by atoms with E-state index in [4.69, 9.17) is 0 Å². The van der Waals surface area contributed by atoms with Crippen LogP contribution in [0.1, 0.15) is 12.5 Å². The SMILES string of the molecule is CCN(CCn1cc[n+](C)c1)c1ccc(N=Nc2ccc(/C=N/N=c3\sc4ccccc4n3C)cc2)cc1. The highest BCUT2D eigenvalue weighted by atomic mass is 32.1. The molecule has 0 fully saturated rings. The minimum Gasteiger partial charge on any atom is -0.368 e. The predicted molar refractivity (Wildman–Crippen MR) is 155 cm³/mol. The van der Waals surface area contributed by atoms with Gasteiger partial charge >= 0.3 is 0 Å². The minimum atomic E-state index is 0.786. The molecule has 0 radical (unpaired) electrons. The standard InChI is InChI=1S/C29H31N8S/c1-4-37(20-19-36-18-17-34(2)22-36)26-15-13-25(14-16-26)32-31-24-11-9-23(10-12-24)21-30-33-29-35(3)27-7-5-6-8-28(27)38-29/h5-18,21-22H,4,19-20H2,1-3H3/q+1/b30-21+,32-31?,33-29-. The zero-order valence-corrected chi connectivity index (χ0v) is 22.7. The molecule has 0 aliphatic rings. The summed E-state index contributed by atoms with van der Waals surface area (Å²) in [6, 6.07) is 24.3. The Morgan fingerprint density at radius 2 is 1.66 bits per heavy atom. The van der Waals surface area contributed by atoms with E-state index in [1.807, 2.05) is 62.6 Å². The Kier molecular flexibility index (Phi) is 7.84. The van der Waals surface area contributed by atoms with Crippen LogP contribution in [-0.4, -0.2) is 28.4 Å². The van der Waals surface area contributed by atoms with Gasteiger partial charge in [0.25, 0.3) is 0 Å². The number of azo groups is 1. The van der Waals surface area contributed by atoms with Gasteiger partial charge in [-0.3, -0.25) is 0 Å². The van der Waals surface area contributed by atoms with E-state index in [0.717, 1.165) is 46.9 Å². The molecular formula is C29H31N8S+. The van der Waals surface area contributed by atoms with Crippen molar-refractivity contribution in [2.75, 3.05) is 18.0 Å². The summed E-state index contributed by atoms with van der Waals surface area (Å²) in [5.74, 6) is 0. The third-order valence-corrected chi connectivity index (χ3v) is 7.39. The van der Waals surface area contributed by atoms with Crippen LogP contribution in [0.25, 0.3) is 10.2 Å². The Bertz CT molecular complexity index is 1620. The molecule has 38 heavy (non-hydrogen) atoms. The van der Waals surface area contributed by atoms with Crippen LogP contribution >= 0.6 is 11.3 Å². The summed E-state index contributed by atoms with van der Waals surface area (Å²) < 4.78 is 7.50. The second-order valence-electron chi connectivity index (χ2n) is 8.96. The van der Waals surface area contributed by atoms with E-state index < -0.39 is 0 Å². The second-order valence-corrected chi connectivity index (χ2v) is 9.97. The minimum absolute atomic E-state index is 0.786. The molecule has 0 aliphatic carbocycles. The maximum atomic E-state index is 4.41. The van der Waals surface area contributed by atoms with E-state index in [9.17, 15) is 0 Å². The summed E-state index contributed by atoms with van der Waals surface area (Å²) in [6.07, 6.45) is 8.00. The van der Waals surface area contributed by atoms with Gasteiger partial charge in [-0.15, -0.1) is 5.10 Å². The number of para-hydroxylation sites is 1. The molecular weight excluding hydrogens is 492 g/mol. The van der Waals surface area contributed by atoms with Crippen LogP contribution in [-0.2, 0) is 20.6 Å². The van der Waals surface area contributed by atoms with Crippen LogP contribution in [0.4, 0.5) is 17.1 Å². The number of imidazole rings is 1. The van der Waals surface area contributed by atoms with Crippen LogP contribution < -0.4 is 14.3 Å². The van der Waals surface area contributed by atoms with Crippen molar-refractivity contribution in [3.8, 4) is 0 Å². The average Bonchev–Trinajstić information content (AvgIpc) is 3.51. The first-order valence-electron chi connectivity index (χ1n) is 12.6. The Labute approximate surface area is 226 Å². The zero-order valence-electron chi connectivity index (χ0n) is 21.8. The largest absolute Gasteiger partial charge is 0.368 e. The number of aromatic nitrogens is 3. The number of aryl methyl sites for hydroxylation is 2. The Morgan fingerprint density at radius 3 is 2.32 bits per heavy atom. The summed E-state index contributed by atoms with van der Waals surface area (Å²) >= 11 is 1.62. The highest BCUT2D eigenvalue weighted by Crippen LogP contribution is 2.22. The first-order valence-corrected chi connectivity index (χ1v) is 13.4. The van der Waals surface area contributed by atoms with Gasteiger partial charge in [-0.05, 0) is 61.0 Å². The molecule has 0 saturated carbocycles. The first kappa shape index (κ1) is 25.3. The van der Waals surface area contributed by atoms with Crippen LogP contribution in [0.3, 0.4) is 0 Å². The number of rotatable bonds is 9. The molecule has 9 heteroatoms. The molecule has 5 rings (SSSR count). The molecule has 8 nitrogen and oxygen atoms in total.